The molecule has 0 spiro atoms. The highest BCUT2D eigenvalue weighted by atomic mass is 16.3. The topological polar surface area (TPSA) is 66.2 Å². The van der Waals surface area contributed by atoms with Gasteiger partial charge in [0.2, 0.25) is 0 Å². The Bertz CT molecular complexity index is 844. The summed E-state index contributed by atoms with van der Waals surface area (Å²) in [5, 5.41) is 21.3. The number of aryl methyl sites for hydroxylation is 1. The van der Waals surface area contributed by atoms with Crippen LogP contribution in [0.1, 0.15) is 22.3 Å². The molecule has 0 fully saturated rings. The molecule has 1 aromatic carbocycles. The lowest BCUT2D eigenvalue weighted by Crippen LogP contribution is -2.26. The van der Waals surface area contributed by atoms with Crippen LogP contribution in [0.3, 0.4) is 0 Å². The molecule has 1 aliphatic carbocycles. The van der Waals surface area contributed by atoms with Gasteiger partial charge in [0.1, 0.15) is 11.4 Å². The normalized spacial score (nSPS) is 14.5. The van der Waals surface area contributed by atoms with Crippen molar-refractivity contribution in [2.24, 2.45) is 0 Å². The van der Waals surface area contributed by atoms with Gasteiger partial charge < -0.3 is 10.2 Å². The molecule has 0 atom stereocenters. The molecule has 0 saturated carbocycles. The lowest BCUT2D eigenvalue weighted by atomic mass is 9.84. The van der Waals surface area contributed by atoms with Gasteiger partial charge in [-0.2, -0.15) is 0 Å². The number of aromatic nitrogens is 2. The molecule has 2 aromatic heterocycles. The van der Waals surface area contributed by atoms with Crippen LogP contribution in [0.15, 0.2) is 54.9 Å². The summed E-state index contributed by atoms with van der Waals surface area (Å²) in [6.07, 6.45) is 3.40. The number of aromatic hydroxyl groups is 1. The molecular weight excluding hydrogens is 276 g/mol. The van der Waals surface area contributed by atoms with E-state index in [1.165, 1.54) is 0 Å². The highest BCUT2D eigenvalue weighted by molar-refractivity contribution is 5.76. The van der Waals surface area contributed by atoms with Crippen molar-refractivity contribution in [1.82, 2.24) is 9.97 Å². The minimum atomic E-state index is -1.30. The van der Waals surface area contributed by atoms with Gasteiger partial charge in [0.05, 0.1) is 11.4 Å². The molecule has 0 radical (unpaired) electrons. The summed E-state index contributed by atoms with van der Waals surface area (Å²) in [4.78, 5) is 8.78. The number of benzene rings is 1. The second kappa shape index (κ2) is 4.39. The fraction of sp³-hybridized carbons (Fsp3) is 0.111. The van der Waals surface area contributed by atoms with Gasteiger partial charge in [-0.15, -0.1) is 0 Å². The quantitative estimate of drug-likeness (QED) is 0.723. The maximum Gasteiger partial charge on any atom is 0.144 e. The Morgan fingerprint density at radius 1 is 0.909 bits per heavy atom. The van der Waals surface area contributed by atoms with Crippen molar-refractivity contribution >= 4 is 0 Å². The first-order chi connectivity index (χ1) is 10.6. The molecule has 0 aliphatic heterocycles. The minimum absolute atomic E-state index is 0.211. The van der Waals surface area contributed by atoms with Crippen LogP contribution >= 0.6 is 0 Å². The molecule has 22 heavy (non-hydrogen) atoms. The number of hydrogen-bond acceptors (Lipinski definition) is 4. The van der Waals surface area contributed by atoms with E-state index < -0.39 is 5.60 Å². The predicted molar refractivity (Wildman–Crippen MR) is 82.4 cm³/mol. The highest BCUT2D eigenvalue weighted by Gasteiger charge is 2.44. The first-order valence-corrected chi connectivity index (χ1v) is 7.06. The van der Waals surface area contributed by atoms with Gasteiger partial charge in [0.25, 0.3) is 0 Å². The van der Waals surface area contributed by atoms with Crippen LogP contribution in [0.4, 0.5) is 0 Å². The van der Waals surface area contributed by atoms with E-state index in [4.69, 9.17) is 0 Å². The maximum absolute atomic E-state index is 11.5. The first kappa shape index (κ1) is 13.0. The molecule has 108 valence electrons. The molecule has 4 rings (SSSR count). The van der Waals surface area contributed by atoms with Crippen molar-refractivity contribution in [3.63, 3.8) is 0 Å². The van der Waals surface area contributed by atoms with Crippen LogP contribution < -0.4 is 0 Å². The van der Waals surface area contributed by atoms with E-state index in [2.05, 4.69) is 9.97 Å². The number of pyridine rings is 2. The van der Waals surface area contributed by atoms with Crippen molar-refractivity contribution in [2.45, 2.75) is 12.5 Å². The summed E-state index contributed by atoms with van der Waals surface area (Å²) < 4.78 is 0. The Hall–Kier alpha value is -2.72. The minimum Gasteiger partial charge on any atom is -0.508 e. The van der Waals surface area contributed by atoms with Gasteiger partial charge in [-0.3, -0.25) is 9.97 Å². The number of rotatable bonds is 1. The molecule has 1 aliphatic rings. The molecule has 0 unspecified atom stereocenters. The summed E-state index contributed by atoms with van der Waals surface area (Å²) in [5.41, 5.74) is 2.95. The van der Waals surface area contributed by atoms with Crippen LogP contribution in [0, 0.1) is 6.92 Å². The van der Waals surface area contributed by atoms with Gasteiger partial charge in [-0.25, -0.2) is 0 Å². The van der Waals surface area contributed by atoms with E-state index in [0.717, 1.165) is 0 Å². The lowest BCUT2D eigenvalue weighted by molar-refractivity contribution is 0.130. The average molecular weight is 290 g/mol. The van der Waals surface area contributed by atoms with Gasteiger partial charge in [0, 0.05) is 23.5 Å². The average Bonchev–Trinajstić information content (AvgIpc) is 2.82. The van der Waals surface area contributed by atoms with E-state index in [1.54, 1.807) is 30.6 Å². The molecule has 3 aromatic rings. The van der Waals surface area contributed by atoms with Crippen LogP contribution in [0.25, 0.3) is 11.4 Å². The molecule has 0 amide bonds. The van der Waals surface area contributed by atoms with Crippen molar-refractivity contribution in [3.05, 3.63) is 77.1 Å². The third kappa shape index (κ3) is 1.55. The van der Waals surface area contributed by atoms with Crippen LogP contribution in [-0.4, -0.2) is 20.2 Å². The number of nitrogens with zero attached hydrogens (tertiary/aromatic N) is 2. The van der Waals surface area contributed by atoms with Crippen molar-refractivity contribution < 1.29 is 10.2 Å². The largest absolute Gasteiger partial charge is 0.508 e. The molecule has 4 nitrogen and oxygen atoms in total. The van der Waals surface area contributed by atoms with Gasteiger partial charge in [0.15, 0.2) is 0 Å². The standard InChI is InChI=1S/C18H14N2O2/c1-11-10-12(6-7-15(11)21)18(22)13-4-2-8-19-16(13)17-14(18)5-3-9-20-17/h2-10,21-22H,1H3. The molecule has 4 heteroatoms. The van der Waals surface area contributed by atoms with Crippen LogP contribution in [0.5, 0.6) is 5.75 Å². The molecule has 2 N–H and O–H groups in total. The zero-order valence-electron chi connectivity index (χ0n) is 12.0. The second-order valence-electron chi connectivity index (χ2n) is 5.51. The van der Waals surface area contributed by atoms with E-state index in [-0.39, 0.29) is 5.75 Å². The number of phenolic OH excluding ortho intramolecular Hbond substituents is 1. The van der Waals surface area contributed by atoms with E-state index in [9.17, 15) is 10.2 Å². The maximum atomic E-state index is 11.5. The fourth-order valence-corrected chi connectivity index (χ4v) is 3.11. The number of aliphatic hydroxyl groups is 1. The van der Waals surface area contributed by atoms with Gasteiger partial charge in [-0.1, -0.05) is 18.2 Å². The summed E-state index contributed by atoms with van der Waals surface area (Å²) in [7, 11) is 0. The summed E-state index contributed by atoms with van der Waals surface area (Å²) in [6.45, 7) is 1.81. The molecule has 0 bridgehead atoms. The van der Waals surface area contributed by atoms with E-state index in [1.807, 2.05) is 31.2 Å². The predicted octanol–water partition coefficient (Wildman–Crippen LogP) is 2.76. The smallest absolute Gasteiger partial charge is 0.144 e. The third-order valence-electron chi connectivity index (χ3n) is 4.23. The van der Waals surface area contributed by atoms with E-state index >= 15 is 0 Å². The SMILES string of the molecule is Cc1cc(C2(O)c3cccnc3-c3ncccc32)ccc1O. The van der Waals surface area contributed by atoms with Crippen LogP contribution in [-0.2, 0) is 5.60 Å². The van der Waals surface area contributed by atoms with Crippen molar-refractivity contribution in [2.75, 3.05) is 0 Å². The number of hydrogen-bond donors (Lipinski definition) is 2. The highest BCUT2D eigenvalue weighted by Crippen LogP contribution is 2.49. The van der Waals surface area contributed by atoms with Gasteiger partial charge >= 0.3 is 0 Å². The molecule has 0 saturated heterocycles. The summed E-state index contributed by atoms with van der Waals surface area (Å²) >= 11 is 0. The Morgan fingerprint density at radius 2 is 1.50 bits per heavy atom. The second-order valence-corrected chi connectivity index (χ2v) is 5.51. The van der Waals surface area contributed by atoms with Crippen molar-refractivity contribution in [3.8, 4) is 17.1 Å². The zero-order valence-corrected chi connectivity index (χ0v) is 12.0. The zero-order chi connectivity index (χ0) is 15.3. The molecule has 2 heterocycles. The summed E-state index contributed by atoms with van der Waals surface area (Å²) in [6, 6.07) is 12.5. The van der Waals surface area contributed by atoms with E-state index in [0.29, 0.717) is 33.6 Å². The fourth-order valence-electron chi connectivity index (χ4n) is 3.11. The van der Waals surface area contributed by atoms with Gasteiger partial charge in [-0.05, 0) is 42.3 Å². The third-order valence-corrected chi connectivity index (χ3v) is 4.23. The number of fused-ring (bicyclic) bond motifs is 3. The summed E-state index contributed by atoms with van der Waals surface area (Å²) in [5.74, 6) is 0.211. The Morgan fingerprint density at radius 3 is 2.05 bits per heavy atom. The first-order valence-electron chi connectivity index (χ1n) is 7.06. The molecular formula is C18H14N2O2. The Kier molecular flexibility index (Phi) is 2.59. The van der Waals surface area contributed by atoms with Crippen LogP contribution in [0.2, 0.25) is 0 Å². The number of phenols is 1. The Labute approximate surface area is 127 Å². The van der Waals surface area contributed by atoms with Crippen molar-refractivity contribution in [1.29, 1.82) is 0 Å². The lowest BCUT2D eigenvalue weighted by Gasteiger charge is -2.26. The Balaban J connectivity index is 2.06. The monoisotopic (exact) mass is 290 g/mol.